The lowest BCUT2D eigenvalue weighted by Gasteiger charge is -2.10. The highest BCUT2D eigenvalue weighted by molar-refractivity contribution is 6.31. The Morgan fingerprint density at radius 3 is 2.93 bits per heavy atom. The molecule has 1 N–H and O–H groups in total. The van der Waals surface area contributed by atoms with Crippen LogP contribution in [0.1, 0.15) is 6.92 Å². The number of ether oxygens (including phenoxy) is 2. The van der Waals surface area contributed by atoms with Gasteiger partial charge in [-0.2, -0.15) is 0 Å². The van der Waals surface area contributed by atoms with Gasteiger partial charge in [0.2, 0.25) is 0 Å². The molecule has 0 aromatic carbocycles. The van der Waals surface area contributed by atoms with E-state index in [0.29, 0.717) is 36.5 Å². The predicted molar refractivity (Wildman–Crippen MR) is 58.6 cm³/mol. The Kier molecular flexibility index (Phi) is 5.14. The van der Waals surface area contributed by atoms with Gasteiger partial charge in [0, 0.05) is 13.2 Å². The average molecular weight is 232 g/mol. The molecule has 1 rings (SSSR count). The minimum absolute atomic E-state index is 0.298. The molecule has 6 heteroatoms. The van der Waals surface area contributed by atoms with Crippen molar-refractivity contribution in [2.24, 2.45) is 0 Å². The van der Waals surface area contributed by atoms with Crippen molar-refractivity contribution in [3.05, 3.63) is 11.5 Å². The van der Waals surface area contributed by atoms with E-state index in [2.05, 4.69) is 15.3 Å². The number of hydrogen-bond acceptors (Lipinski definition) is 5. The maximum absolute atomic E-state index is 5.82. The zero-order valence-corrected chi connectivity index (χ0v) is 9.54. The monoisotopic (exact) mass is 231 g/mol. The topological polar surface area (TPSA) is 56.3 Å². The number of halogens is 1. The van der Waals surface area contributed by atoms with Crippen molar-refractivity contribution in [3.8, 4) is 5.75 Å². The summed E-state index contributed by atoms with van der Waals surface area (Å²) in [5.41, 5.74) is 0. The molecule has 0 aliphatic heterocycles. The second kappa shape index (κ2) is 6.42. The fourth-order valence-electron chi connectivity index (χ4n) is 1.05. The van der Waals surface area contributed by atoms with Crippen LogP contribution in [0, 0.1) is 0 Å². The molecule has 0 spiro atoms. The van der Waals surface area contributed by atoms with Crippen LogP contribution in [0.3, 0.4) is 0 Å². The van der Waals surface area contributed by atoms with Gasteiger partial charge in [-0.05, 0) is 6.92 Å². The minimum atomic E-state index is 0.298. The predicted octanol–water partition coefficient (Wildman–Crippen LogP) is 1.59. The Morgan fingerprint density at radius 1 is 1.47 bits per heavy atom. The van der Waals surface area contributed by atoms with Crippen molar-refractivity contribution in [2.45, 2.75) is 6.92 Å². The molecule has 0 amide bonds. The second-order valence-corrected chi connectivity index (χ2v) is 3.03. The molecule has 0 saturated heterocycles. The molecular weight excluding hydrogens is 218 g/mol. The lowest BCUT2D eigenvalue weighted by atomic mass is 10.5. The van der Waals surface area contributed by atoms with Crippen LogP contribution in [0.2, 0.25) is 5.15 Å². The molecule has 1 aromatic rings. The highest BCUT2D eigenvalue weighted by Crippen LogP contribution is 2.27. The summed E-state index contributed by atoms with van der Waals surface area (Å²) in [4.78, 5) is 7.83. The van der Waals surface area contributed by atoms with Crippen molar-refractivity contribution < 1.29 is 9.47 Å². The quantitative estimate of drug-likeness (QED) is 0.595. The smallest absolute Gasteiger partial charge is 0.198 e. The van der Waals surface area contributed by atoms with Crippen molar-refractivity contribution in [2.75, 3.05) is 32.2 Å². The summed E-state index contributed by atoms with van der Waals surface area (Å²) in [5, 5.41) is 3.35. The number of nitrogens with zero attached hydrogens (tertiary/aromatic N) is 2. The zero-order chi connectivity index (χ0) is 11.1. The van der Waals surface area contributed by atoms with Crippen LogP contribution in [-0.4, -0.2) is 36.8 Å². The molecule has 0 bridgehead atoms. The molecule has 0 radical (unpaired) electrons. The van der Waals surface area contributed by atoms with Gasteiger partial charge in [-0.25, -0.2) is 9.97 Å². The molecule has 15 heavy (non-hydrogen) atoms. The molecule has 84 valence electrons. The van der Waals surface area contributed by atoms with Gasteiger partial charge in [0.05, 0.1) is 13.7 Å². The standard InChI is InChI=1S/C9H14ClN3O2/c1-3-15-5-4-11-9-7(14-2)8(10)12-6-13-9/h6H,3-5H2,1-2H3,(H,11,12,13). The Hall–Kier alpha value is -1.07. The molecule has 5 nitrogen and oxygen atoms in total. The van der Waals surface area contributed by atoms with Crippen LogP contribution in [0.5, 0.6) is 5.75 Å². The van der Waals surface area contributed by atoms with Crippen LogP contribution in [-0.2, 0) is 4.74 Å². The van der Waals surface area contributed by atoms with Crippen molar-refractivity contribution in [1.82, 2.24) is 9.97 Å². The van der Waals surface area contributed by atoms with Gasteiger partial charge in [0.15, 0.2) is 16.7 Å². The molecular formula is C9H14ClN3O2. The number of rotatable bonds is 6. The summed E-state index contributed by atoms with van der Waals surface area (Å²) in [6.07, 6.45) is 1.38. The summed E-state index contributed by atoms with van der Waals surface area (Å²) in [7, 11) is 1.53. The number of hydrogen-bond donors (Lipinski definition) is 1. The van der Waals surface area contributed by atoms with E-state index < -0.39 is 0 Å². The van der Waals surface area contributed by atoms with E-state index in [0.717, 1.165) is 0 Å². The average Bonchev–Trinajstić information content (AvgIpc) is 2.24. The van der Waals surface area contributed by atoms with Gasteiger partial charge < -0.3 is 14.8 Å². The summed E-state index contributed by atoms with van der Waals surface area (Å²) in [6, 6.07) is 0. The highest BCUT2D eigenvalue weighted by atomic mass is 35.5. The first kappa shape index (κ1) is 12.0. The Balaban J connectivity index is 2.56. The van der Waals surface area contributed by atoms with Crippen LogP contribution in [0.25, 0.3) is 0 Å². The molecule has 0 atom stereocenters. The van der Waals surface area contributed by atoms with E-state index in [-0.39, 0.29) is 0 Å². The highest BCUT2D eigenvalue weighted by Gasteiger charge is 2.08. The number of methoxy groups -OCH3 is 1. The molecule has 0 aliphatic carbocycles. The van der Waals surface area contributed by atoms with Gasteiger partial charge in [-0.3, -0.25) is 0 Å². The second-order valence-electron chi connectivity index (χ2n) is 2.67. The fourth-order valence-corrected chi connectivity index (χ4v) is 1.26. The van der Waals surface area contributed by atoms with E-state index in [1.54, 1.807) is 0 Å². The van der Waals surface area contributed by atoms with Crippen molar-refractivity contribution in [1.29, 1.82) is 0 Å². The van der Waals surface area contributed by atoms with Crippen molar-refractivity contribution in [3.63, 3.8) is 0 Å². The third-order valence-corrected chi connectivity index (χ3v) is 1.98. The summed E-state index contributed by atoms with van der Waals surface area (Å²) in [6.45, 7) is 3.91. The summed E-state index contributed by atoms with van der Waals surface area (Å²) in [5.74, 6) is 1.04. The lowest BCUT2D eigenvalue weighted by molar-refractivity contribution is 0.158. The van der Waals surface area contributed by atoms with Crippen LogP contribution in [0.15, 0.2) is 6.33 Å². The van der Waals surface area contributed by atoms with Gasteiger partial charge in [-0.1, -0.05) is 11.6 Å². The summed E-state index contributed by atoms with van der Waals surface area (Å²) < 4.78 is 10.3. The van der Waals surface area contributed by atoms with Gasteiger partial charge in [0.1, 0.15) is 6.33 Å². The van der Waals surface area contributed by atoms with E-state index in [4.69, 9.17) is 21.1 Å². The molecule has 0 unspecified atom stereocenters. The van der Waals surface area contributed by atoms with Crippen LogP contribution >= 0.6 is 11.6 Å². The SMILES string of the molecule is CCOCCNc1ncnc(Cl)c1OC. The third-order valence-electron chi connectivity index (χ3n) is 1.71. The van der Waals surface area contributed by atoms with E-state index in [1.165, 1.54) is 13.4 Å². The Morgan fingerprint density at radius 2 is 2.27 bits per heavy atom. The zero-order valence-electron chi connectivity index (χ0n) is 8.79. The fraction of sp³-hybridized carbons (Fsp3) is 0.556. The van der Waals surface area contributed by atoms with Gasteiger partial charge in [0.25, 0.3) is 0 Å². The van der Waals surface area contributed by atoms with Gasteiger partial charge in [-0.15, -0.1) is 0 Å². The van der Waals surface area contributed by atoms with Crippen LogP contribution < -0.4 is 10.1 Å². The molecule has 1 aromatic heterocycles. The van der Waals surface area contributed by atoms with Crippen molar-refractivity contribution >= 4 is 17.4 Å². The first-order valence-corrected chi connectivity index (χ1v) is 5.03. The lowest BCUT2D eigenvalue weighted by Crippen LogP contribution is -2.11. The van der Waals surface area contributed by atoms with E-state index >= 15 is 0 Å². The number of aromatic nitrogens is 2. The molecule has 1 heterocycles. The molecule has 0 aliphatic rings. The van der Waals surface area contributed by atoms with Gasteiger partial charge >= 0.3 is 0 Å². The van der Waals surface area contributed by atoms with Crippen LogP contribution in [0.4, 0.5) is 5.82 Å². The number of anilines is 1. The largest absolute Gasteiger partial charge is 0.490 e. The van der Waals surface area contributed by atoms with E-state index in [9.17, 15) is 0 Å². The third kappa shape index (κ3) is 3.53. The Bertz CT molecular complexity index is 309. The first-order valence-electron chi connectivity index (χ1n) is 4.65. The van der Waals surface area contributed by atoms with E-state index in [1.807, 2.05) is 6.92 Å². The number of nitrogens with one attached hydrogen (secondary N) is 1. The molecule has 0 fully saturated rings. The summed E-state index contributed by atoms with van der Waals surface area (Å²) >= 11 is 5.82. The first-order chi connectivity index (χ1) is 7.29. The Labute approximate surface area is 93.8 Å². The molecule has 0 saturated carbocycles. The maximum Gasteiger partial charge on any atom is 0.198 e. The maximum atomic E-state index is 5.82. The normalized spacial score (nSPS) is 10.1. The minimum Gasteiger partial charge on any atom is -0.490 e.